The Hall–Kier alpha value is 0.960. The maximum absolute atomic E-state index is 8.17. The molecule has 5 heavy (non-hydrogen) atoms. The summed E-state index contributed by atoms with van der Waals surface area (Å²) in [5.41, 5.74) is 0. The third-order valence-electron chi connectivity index (χ3n) is 0.547. The topological polar surface area (TPSA) is 20.2 Å². The summed E-state index contributed by atoms with van der Waals surface area (Å²) >= 11 is 0. The first-order chi connectivity index (χ1) is 1.89. The van der Waals surface area contributed by atoms with Crippen LogP contribution in [0.25, 0.3) is 0 Å². The molecule has 0 aliphatic heterocycles. The molecule has 0 saturated heterocycles. The van der Waals surface area contributed by atoms with Crippen molar-refractivity contribution in [3.63, 3.8) is 0 Å². The molecule has 1 N–H and O–H groups in total. The van der Waals surface area contributed by atoms with E-state index in [4.69, 9.17) is 5.11 Å². The average molecular weight is 82.1 g/mol. The summed E-state index contributed by atoms with van der Waals surface area (Å²) in [4.78, 5) is 0. The van der Waals surface area contributed by atoms with Gasteiger partial charge in [-0.2, -0.15) is 0 Å². The van der Waals surface area contributed by atoms with Crippen LogP contribution < -0.4 is 0 Å². The second-order valence-electron chi connectivity index (χ2n) is 1.23. The zero-order valence-electron chi connectivity index (χ0n) is 2.44. The van der Waals surface area contributed by atoms with E-state index in [9.17, 15) is 0 Å². The van der Waals surface area contributed by atoms with E-state index >= 15 is 0 Å². The fraction of sp³-hybridized carbons (Fsp3) is 1.00. The zero-order chi connectivity index (χ0) is 2.99. The van der Waals surface area contributed by atoms with Gasteiger partial charge in [-0.3, -0.25) is 0 Å². The van der Waals surface area contributed by atoms with Gasteiger partial charge in [-0.05, 0) is 12.8 Å². The molecule has 0 spiro atoms. The third-order valence-corrected chi connectivity index (χ3v) is 0.547. The van der Waals surface area contributed by atoms with Gasteiger partial charge in [0.2, 0.25) is 0 Å². The van der Waals surface area contributed by atoms with Gasteiger partial charge >= 0.3 is 29.6 Å². The van der Waals surface area contributed by atoms with Crippen molar-refractivity contribution in [1.29, 1.82) is 0 Å². The molecule has 1 rings (SSSR count). The van der Waals surface area contributed by atoms with Gasteiger partial charge in [0.15, 0.2) is 0 Å². The molecule has 1 fully saturated rings. The molecule has 2 heteroatoms. The molecule has 1 saturated carbocycles. The van der Waals surface area contributed by atoms with Crippen molar-refractivity contribution in [2.45, 2.75) is 18.9 Å². The Balaban J connectivity index is 0.000000160. The molecule has 26 valence electrons. The van der Waals surface area contributed by atoms with E-state index < -0.39 is 0 Å². The molecule has 0 amide bonds. The summed E-state index contributed by atoms with van der Waals surface area (Å²) in [5, 5.41) is 8.17. The van der Waals surface area contributed by atoms with Gasteiger partial charge in [0, 0.05) is 0 Å². The molecule has 0 unspecified atom stereocenters. The molecule has 1 aliphatic rings. The number of hydrogen-bond donors (Lipinski definition) is 1. The van der Waals surface area contributed by atoms with E-state index in [2.05, 4.69) is 0 Å². The van der Waals surface area contributed by atoms with Crippen molar-refractivity contribution in [2.75, 3.05) is 0 Å². The normalized spacial score (nSPS) is 21.0. The molecule has 1 nitrogen and oxygen atoms in total. The summed E-state index contributed by atoms with van der Waals surface area (Å²) in [7, 11) is 0. The second kappa shape index (κ2) is 2.19. The summed E-state index contributed by atoms with van der Waals surface area (Å²) in [6, 6.07) is 0. The van der Waals surface area contributed by atoms with Gasteiger partial charge in [0.25, 0.3) is 0 Å². The molecular weight excluding hydrogens is 75.0 g/mol. The Morgan fingerprint density at radius 1 is 1.40 bits per heavy atom. The van der Waals surface area contributed by atoms with E-state index in [1.54, 1.807) is 0 Å². The van der Waals surface area contributed by atoms with Crippen LogP contribution in [-0.4, -0.2) is 40.8 Å². The number of hydrogen-bond acceptors (Lipinski definition) is 1. The van der Waals surface area contributed by atoms with Gasteiger partial charge < -0.3 is 5.11 Å². The summed E-state index contributed by atoms with van der Waals surface area (Å²) < 4.78 is 0. The van der Waals surface area contributed by atoms with Crippen molar-refractivity contribution in [3.05, 3.63) is 0 Å². The molecule has 0 heterocycles. The van der Waals surface area contributed by atoms with E-state index in [0.29, 0.717) is 0 Å². The molecule has 0 aromatic rings. The molecule has 0 bridgehead atoms. The SMILES string of the molecule is OC1CC1.[NaH]. The van der Waals surface area contributed by atoms with Crippen LogP contribution in [0, 0.1) is 0 Å². The van der Waals surface area contributed by atoms with Crippen LogP contribution in [0.4, 0.5) is 0 Å². The summed E-state index contributed by atoms with van der Waals surface area (Å²) in [6.45, 7) is 0. The van der Waals surface area contributed by atoms with Gasteiger partial charge in [0.1, 0.15) is 0 Å². The number of aliphatic hydroxyl groups excluding tert-OH is 1. The number of aliphatic hydroxyl groups is 1. The van der Waals surface area contributed by atoms with Crippen LogP contribution in [0.15, 0.2) is 0 Å². The second-order valence-corrected chi connectivity index (χ2v) is 1.23. The number of rotatable bonds is 0. The van der Waals surface area contributed by atoms with Gasteiger partial charge in [0.05, 0.1) is 6.10 Å². The van der Waals surface area contributed by atoms with Gasteiger partial charge in [-0.15, -0.1) is 0 Å². The first-order valence-electron chi connectivity index (χ1n) is 1.57. The first-order valence-corrected chi connectivity index (χ1v) is 1.57. The van der Waals surface area contributed by atoms with Gasteiger partial charge in [-0.1, -0.05) is 0 Å². The fourth-order valence-electron chi connectivity index (χ4n) is 0.0745. The van der Waals surface area contributed by atoms with Crippen LogP contribution in [0.2, 0.25) is 0 Å². The minimum absolute atomic E-state index is 0. The maximum atomic E-state index is 8.17. The summed E-state index contributed by atoms with van der Waals surface area (Å²) in [5.74, 6) is 0. The van der Waals surface area contributed by atoms with Crippen LogP contribution >= 0.6 is 0 Å². The van der Waals surface area contributed by atoms with Crippen molar-refractivity contribution in [1.82, 2.24) is 0 Å². The van der Waals surface area contributed by atoms with Crippen molar-refractivity contribution >= 4 is 29.6 Å². The van der Waals surface area contributed by atoms with Crippen LogP contribution in [0.5, 0.6) is 0 Å². The van der Waals surface area contributed by atoms with Crippen LogP contribution in [0.1, 0.15) is 12.8 Å². The van der Waals surface area contributed by atoms with Crippen LogP contribution in [0.3, 0.4) is 0 Å². The first kappa shape index (κ1) is 5.96. The Morgan fingerprint density at radius 2 is 1.60 bits per heavy atom. The summed E-state index contributed by atoms with van der Waals surface area (Å²) in [6.07, 6.45) is 2.17. The molecule has 0 atom stereocenters. The molecule has 0 aromatic heterocycles. The quantitative estimate of drug-likeness (QED) is 0.390. The van der Waals surface area contributed by atoms with Crippen molar-refractivity contribution in [3.8, 4) is 0 Å². The Morgan fingerprint density at radius 3 is 1.60 bits per heavy atom. The molecule has 1 aliphatic carbocycles. The molecule has 0 radical (unpaired) electrons. The predicted octanol–water partition coefficient (Wildman–Crippen LogP) is -0.507. The Labute approximate surface area is 53.7 Å². The minimum atomic E-state index is 0. The molecular formula is C3H7NaO. The van der Waals surface area contributed by atoms with Gasteiger partial charge in [-0.25, -0.2) is 0 Å². The van der Waals surface area contributed by atoms with E-state index in [1.807, 2.05) is 0 Å². The standard InChI is InChI=1S/C3H6O.Na.H/c4-3-1-2-3;;/h3-4H,1-2H2;;. The Kier molecular flexibility index (Phi) is 2.61. The monoisotopic (exact) mass is 82.0 g/mol. The molecule has 0 aromatic carbocycles. The predicted molar refractivity (Wildman–Crippen MR) is 22.4 cm³/mol. The Bertz CT molecular complexity index is 26.1. The third kappa shape index (κ3) is 2.77. The average Bonchev–Trinajstić information content (AvgIpc) is 1.75. The van der Waals surface area contributed by atoms with Crippen LogP contribution in [-0.2, 0) is 0 Å². The van der Waals surface area contributed by atoms with Crippen molar-refractivity contribution in [2.24, 2.45) is 0 Å². The van der Waals surface area contributed by atoms with Crippen molar-refractivity contribution < 1.29 is 5.11 Å². The zero-order valence-corrected chi connectivity index (χ0v) is 2.44. The van der Waals surface area contributed by atoms with E-state index in [0.717, 1.165) is 12.8 Å². The van der Waals surface area contributed by atoms with E-state index in [-0.39, 0.29) is 35.7 Å². The fourth-order valence-corrected chi connectivity index (χ4v) is 0.0745. The van der Waals surface area contributed by atoms with E-state index in [1.165, 1.54) is 0 Å².